The molecule has 1 saturated heterocycles. The first-order valence-electron chi connectivity index (χ1n) is 4.57. The van der Waals surface area contributed by atoms with Crippen LogP contribution >= 0.6 is 0 Å². The lowest BCUT2D eigenvalue weighted by Crippen LogP contribution is -2.45. The molecule has 0 unspecified atom stereocenters. The quantitative estimate of drug-likeness (QED) is 0.667. The van der Waals surface area contributed by atoms with E-state index < -0.39 is 0 Å². The van der Waals surface area contributed by atoms with E-state index in [-0.39, 0.29) is 5.91 Å². The van der Waals surface area contributed by atoms with Gasteiger partial charge in [0.05, 0.1) is 0 Å². The summed E-state index contributed by atoms with van der Waals surface area (Å²) >= 11 is 0. The zero-order valence-electron chi connectivity index (χ0n) is 8.13. The number of amides is 1. The largest absolute Gasteiger partial charge is 0.343 e. The molecule has 1 heterocycles. The Hall–Kier alpha value is -0.570. The molecule has 1 rings (SSSR count). The molecule has 70 valence electrons. The zero-order chi connectivity index (χ0) is 9.14. The number of hydrogen-bond acceptors (Lipinski definition) is 2. The number of nitrogens with one attached hydrogen (secondary N) is 1. The van der Waals surface area contributed by atoms with Crippen LogP contribution in [-0.4, -0.2) is 37.0 Å². The van der Waals surface area contributed by atoms with Gasteiger partial charge in [0, 0.05) is 19.5 Å². The van der Waals surface area contributed by atoms with E-state index in [0.29, 0.717) is 18.4 Å². The molecule has 1 aliphatic rings. The van der Waals surface area contributed by atoms with E-state index in [1.807, 2.05) is 25.8 Å². The van der Waals surface area contributed by atoms with E-state index in [1.54, 1.807) is 0 Å². The van der Waals surface area contributed by atoms with Gasteiger partial charge in [-0.3, -0.25) is 4.79 Å². The molecule has 1 N–H and O–H groups in total. The van der Waals surface area contributed by atoms with Gasteiger partial charge in [-0.2, -0.15) is 0 Å². The second-order valence-corrected chi connectivity index (χ2v) is 3.83. The van der Waals surface area contributed by atoms with Crippen LogP contribution in [0.3, 0.4) is 0 Å². The Bertz CT molecular complexity index is 164. The molecule has 0 aromatic carbocycles. The molecule has 0 aromatic heterocycles. The second-order valence-electron chi connectivity index (χ2n) is 3.83. The highest BCUT2D eigenvalue weighted by molar-refractivity contribution is 5.76. The monoisotopic (exact) mass is 170 g/mol. The summed E-state index contributed by atoms with van der Waals surface area (Å²) in [5.41, 5.74) is 0. The minimum Gasteiger partial charge on any atom is -0.343 e. The molecule has 1 fully saturated rings. The summed E-state index contributed by atoms with van der Waals surface area (Å²) in [4.78, 5) is 13.3. The number of hydrogen-bond donors (Lipinski definition) is 1. The molecule has 0 aliphatic carbocycles. The molecule has 3 heteroatoms. The highest BCUT2D eigenvalue weighted by Gasteiger charge is 2.22. The van der Waals surface area contributed by atoms with Crippen LogP contribution in [0.1, 0.15) is 20.3 Å². The third-order valence-electron chi connectivity index (χ3n) is 2.50. The van der Waals surface area contributed by atoms with E-state index in [2.05, 4.69) is 5.32 Å². The maximum atomic E-state index is 11.5. The van der Waals surface area contributed by atoms with Gasteiger partial charge < -0.3 is 10.2 Å². The van der Waals surface area contributed by atoms with Crippen LogP contribution in [0, 0.1) is 5.92 Å². The van der Waals surface area contributed by atoms with E-state index in [4.69, 9.17) is 0 Å². The van der Waals surface area contributed by atoms with Gasteiger partial charge in [-0.25, -0.2) is 0 Å². The summed E-state index contributed by atoms with van der Waals surface area (Å²) in [6, 6.07) is 0.325. The Morgan fingerprint density at radius 3 is 2.50 bits per heavy atom. The van der Waals surface area contributed by atoms with Crippen molar-refractivity contribution in [3.63, 3.8) is 0 Å². The summed E-state index contributed by atoms with van der Waals surface area (Å²) in [5.74, 6) is 0.857. The average molecular weight is 170 g/mol. The van der Waals surface area contributed by atoms with Crippen molar-refractivity contribution < 1.29 is 4.79 Å². The van der Waals surface area contributed by atoms with Crippen molar-refractivity contribution in [2.24, 2.45) is 5.92 Å². The summed E-state index contributed by atoms with van der Waals surface area (Å²) in [5, 5.41) is 3.16. The SMILES string of the molecule is CC(C)N(C)C(=O)CC1CNC1. The maximum absolute atomic E-state index is 11.5. The van der Waals surface area contributed by atoms with Crippen LogP contribution in [0.2, 0.25) is 0 Å². The van der Waals surface area contributed by atoms with Gasteiger partial charge >= 0.3 is 0 Å². The maximum Gasteiger partial charge on any atom is 0.222 e. The molecule has 0 atom stereocenters. The first-order valence-corrected chi connectivity index (χ1v) is 4.57. The first kappa shape index (κ1) is 9.52. The van der Waals surface area contributed by atoms with Gasteiger partial charge in [0.15, 0.2) is 0 Å². The summed E-state index contributed by atoms with van der Waals surface area (Å²) in [6.45, 7) is 6.10. The van der Waals surface area contributed by atoms with E-state index in [9.17, 15) is 4.79 Å². The molecule has 1 amide bonds. The minimum atomic E-state index is 0.275. The first-order chi connectivity index (χ1) is 5.61. The van der Waals surface area contributed by atoms with Crippen LogP contribution in [0.15, 0.2) is 0 Å². The van der Waals surface area contributed by atoms with Crippen molar-refractivity contribution in [1.29, 1.82) is 0 Å². The van der Waals surface area contributed by atoms with Crippen molar-refractivity contribution in [3.8, 4) is 0 Å². The standard InChI is InChI=1S/C9H18N2O/c1-7(2)11(3)9(12)4-8-5-10-6-8/h7-8,10H,4-6H2,1-3H3. The Balaban J connectivity index is 2.26. The smallest absolute Gasteiger partial charge is 0.222 e. The van der Waals surface area contributed by atoms with Gasteiger partial charge in [-0.15, -0.1) is 0 Å². The van der Waals surface area contributed by atoms with Crippen molar-refractivity contribution in [1.82, 2.24) is 10.2 Å². The highest BCUT2D eigenvalue weighted by atomic mass is 16.2. The zero-order valence-corrected chi connectivity index (χ0v) is 8.13. The topological polar surface area (TPSA) is 32.3 Å². The number of carbonyl (C=O) groups excluding carboxylic acids is 1. The van der Waals surface area contributed by atoms with Crippen molar-refractivity contribution in [3.05, 3.63) is 0 Å². The summed E-state index contributed by atoms with van der Waals surface area (Å²) in [7, 11) is 1.87. The van der Waals surface area contributed by atoms with Crippen LogP contribution in [0.4, 0.5) is 0 Å². The average Bonchev–Trinajstić information content (AvgIpc) is 1.94. The van der Waals surface area contributed by atoms with E-state index >= 15 is 0 Å². The van der Waals surface area contributed by atoms with Crippen LogP contribution in [0.25, 0.3) is 0 Å². The molecular formula is C9H18N2O. The van der Waals surface area contributed by atoms with Gasteiger partial charge in [-0.1, -0.05) is 0 Å². The van der Waals surface area contributed by atoms with Crippen LogP contribution < -0.4 is 5.32 Å². The summed E-state index contributed by atoms with van der Waals surface area (Å²) in [6.07, 6.45) is 0.710. The van der Waals surface area contributed by atoms with Crippen LogP contribution in [-0.2, 0) is 4.79 Å². The second kappa shape index (κ2) is 3.90. The van der Waals surface area contributed by atoms with Crippen molar-refractivity contribution in [2.45, 2.75) is 26.3 Å². The minimum absolute atomic E-state index is 0.275. The Kier molecular flexibility index (Phi) is 3.09. The summed E-state index contributed by atoms with van der Waals surface area (Å²) < 4.78 is 0. The molecule has 0 spiro atoms. The lowest BCUT2D eigenvalue weighted by atomic mass is 9.98. The Morgan fingerprint density at radius 1 is 1.58 bits per heavy atom. The lowest BCUT2D eigenvalue weighted by molar-refractivity contribution is -0.132. The number of rotatable bonds is 3. The molecular weight excluding hydrogens is 152 g/mol. The predicted molar refractivity (Wildman–Crippen MR) is 48.9 cm³/mol. The molecule has 1 aliphatic heterocycles. The third kappa shape index (κ3) is 2.21. The van der Waals surface area contributed by atoms with Gasteiger partial charge in [-0.05, 0) is 32.9 Å². The highest BCUT2D eigenvalue weighted by Crippen LogP contribution is 2.10. The lowest BCUT2D eigenvalue weighted by Gasteiger charge is -2.29. The Labute approximate surface area is 74.1 Å². The van der Waals surface area contributed by atoms with Gasteiger partial charge in [0.1, 0.15) is 0 Å². The molecule has 0 saturated carbocycles. The fourth-order valence-electron chi connectivity index (χ4n) is 1.17. The molecule has 0 radical (unpaired) electrons. The third-order valence-corrected chi connectivity index (χ3v) is 2.50. The fourth-order valence-corrected chi connectivity index (χ4v) is 1.17. The predicted octanol–water partition coefficient (Wildman–Crippen LogP) is 0.463. The fraction of sp³-hybridized carbons (Fsp3) is 0.889. The van der Waals surface area contributed by atoms with Crippen molar-refractivity contribution >= 4 is 5.91 Å². The normalized spacial score (nSPS) is 17.7. The van der Waals surface area contributed by atoms with E-state index in [0.717, 1.165) is 13.1 Å². The molecule has 12 heavy (non-hydrogen) atoms. The van der Waals surface area contributed by atoms with Crippen molar-refractivity contribution in [2.75, 3.05) is 20.1 Å². The molecule has 0 bridgehead atoms. The molecule has 0 aromatic rings. The van der Waals surface area contributed by atoms with Crippen LogP contribution in [0.5, 0.6) is 0 Å². The number of carbonyl (C=O) groups is 1. The van der Waals surface area contributed by atoms with E-state index in [1.165, 1.54) is 0 Å². The number of nitrogens with zero attached hydrogens (tertiary/aromatic N) is 1. The molecule has 3 nitrogen and oxygen atoms in total. The Morgan fingerprint density at radius 2 is 2.17 bits per heavy atom. The van der Waals surface area contributed by atoms with Gasteiger partial charge in [0.25, 0.3) is 0 Å². The van der Waals surface area contributed by atoms with Gasteiger partial charge in [0.2, 0.25) is 5.91 Å².